The van der Waals surface area contributed by atoms with Crippen molar-refractivity contribution < 1.29 is 9.90 Å². The molecule has 118 valence electrons. The summed E-state index contributed by atoms with van der Waals surface area (Å²) in [4.78, 5) is 15.1. The highest BCUT2D eigenvalue weighted by atomic mass is 16.3. The van der Waals surface area contributed by atoms with Gasteiger partial charge in [0.05, 0.1) is 18.1 Å². The lowest BCUT2D eigenvalue weighted by atomic mass is 9.80. The van der Waals surface area contributed by atoms with E-state index in [0.29, 0.717) is 24.9 Å². The number of hydrogen-bond acceptors (Lipinski definition) is 4. The van der Waals surface area contributed by atoms with Gasteiger partial charge in [-0.1, -0.05) is 30.3 Å². The molecular formula is C17H23N3O2. The largest absolute Gasteiger partial charge is 0.395 e. The molecule has 3 heterocycles. The second-order valence-corrected chi connectivity index (χ2v) is 6.94. The molecule has 3 fully saturated rings. The van der Waals surface area contributed by atoms with Gasteiger partial charge in [-0.15, -0.1) is 0 Å². The van der Waals surface area contributed by atoms with Crippen LogP contribution in [0.3, 0.4) is 0 Å². The number of hydrogen-bond donors (Lipinski definition) is 3. The lowest BCUT2D eigenvalue weighted by Crippen LogP contribution is -2.64. The third kappa shape index (κ3) is 2.00. The molecule has 0 radical (unpaired) electrons. The van der Waals surface area contributed by atoms with Crippen LogP contribution in [-0.4, -0.2) is 55.2 Å². The number of likely N-dealkylation sites (tertiary alicyclic amines) is 1. The van der Waals surface area contributed by atoms with E-state index in [0.717, 1.165) is 19.6 Å². The van der Waals surface area contributed by atoms with Gasteiger partial charge >= 0.3 is 0 Å². The Morgan fingerprint density at radius 2 is 2.00 bits per heavy atom. The minimum atomic E-state index is -0.598. The van der Waals surface area contributed by atoms with Gasteiger partial charge in [0.1, 0.15) is 0 Å². The van der Waals surface area contributed by atoms with Gasteiger partial charge < -0.3 is 20.6 Å². The maximum Gasteiger partial charge on any atom is 0.234 e. The Hall–Kier alpha value is -1.43. The minimum Gasteiger partial charge on any atom is -0.395 e. The molecule has 1 amide bonds. The Bertz CT molecular complexity index is 553. The second kappa shape index (κ2) is 5.33. The van der Waals surface area contributed by atoms with E-state index in [-0.39, 0.29) is 18.6 Å². The number of nitrogens with one attached hydrogen (secondary N) is 2. The number of fused-ring (bicyclic) bond motifs is 1. The average Bonchev–Trinajstić information content (AvgIpc) is 3.07. The first-order valence-electron chi connectivity index (χ1n) is 8.13. The molecule has 1 aromatic rings. The lowest BCUT2D eigenvalue weighted by Gasteiger charge is -2.43. The number of carbonyl (C=O) groups is 1. The van der Waals surface area contributed by atoms with Crippen molar-refractivity contribution in [3.8, 4) is 0 Å². The van der Waals surface area contributed by atoms with E-state index in [9.17, 15) is 9.90 Å². The summed E-state index contributed by atoms with van der Waals surface area (Å²) < 4.78 is 0. The Kier molecular flexibility index (Phi) is 3.44. The maximum atomic E-state index is 13.1. The zero-order chi connectivity index (χ0) is 15.2. The zero-order valence-corrected chi connectivity index (χ0v) is 12.7. The first-order valence-corrected chi connectivity index (χ1v) is 8.13. The molecule has 0 bridgehead atoms. The molecule has 0 aliphatic carbocycles. The van der Waals surface area contributed by atoms with E-state index >= 15 is 0 Å². The van der Waals surface area contributed by atoms with Crippen molar-refractivity contribution in [1.82, 2.24) is 15.5 Å². The molecule has 1 aromatic carbocycles. The molecule has 0 unspecified atom stereocenters. The fourth-order valence-corrected chi connectivity index (χ4v) is 4.27. The van der Waals surface area contributed by atoms with Crippen LogP contribution in [0, 0.1) is 17.3 Å². The van der Waals surface area contributed by atoms with Gasteiger partial charge in [-0.25, -0.2) is 0 Å². The van der Waals surface area contributed by atoms with E-state index < -0.39 is 5.41 Å². The Morgan fingerprint density at radius 1 is 1.23 bits per heavy atom. The third-order valence-electron chi connectivity index (χ3n) is 5.65. The Morgan fingerprint density at radius 3 is 2.64 bits per heavy atom. The quantitative estimate of drug-likeness (QED) is 0.735. The molecule has 22 heavy (non-hydrogen) atoms. The minimum absolute atomic E-state index is 0.0651. The van der Waals surface area contributed by atoms with E-state index in [1.54, 1.807) is 0 Å². The fourth-order valence-electron chi connectivity index (χ4n) is 4.27. The predicted octanol–water partition coefficient (Wildman–Crippen LogP) is -0.0126. The van der Waals surface area contributed by atoms with Crippen LogP contribution in [0.15, 0.2) is 30.3 Å². The number of amides is 1. The first-order chi connectivity index (χ1) is 10.7. The number of aliphatic hydroxyl groups is 1. The van der Waals surface area contributed by atoms with E-state index in [4.69, 9.17) is 0 Å². The lowest BCUT2D eigenvalue weighted by molar-refractivity contribution is -0.150. The molecule has 0 saturated carbocycles. The van der Waals surface area contributed by atoms with Crippen LogP contribution in [0.4, 0.5) is 0 Å². The van der Waals surface area contributed by atoms with Gasteiger partial charge in [-0.05, 0) is 11.5 Å². The second-order valence-electron chi connectivity index (χ2n) is 6.94. The maximum absolute atomic E-state index is 13.1. The molecule has 4 rings (SSSR count). The summed E-state index contributed by atoms with van der Waals surface area (Å²) in [6, 6.07) is 10.5. The van der Waals surface area contributed by atoms with E-state index in [1.165, 1.54) is 5.56 Å². The number of rotatable bonds is 3. The van der Waals surface area contributed by atoms with Crippen LogP contribution < -0.4 is 10.6 Å². The summed E-state index contributed by atoms with van der Waals surface area (Å²) in [5.74, 6) is 1.13. The highest BCUT2D eigenvalue weighted by Gasteiger charge is 2.53. The molecule has 3 aliphatic rings. The smallest absolute Gasteiger partial charge is 0.234 e. The molecule has 5 heteroatoms. The molecule has 3 aliphatic heterocycles. The molecule has 3 N–H and O–H groups in total. The van der Waals surface area contributed by atoms with Crippen molar-refractivity contribution in [3.05, 3.63) is 35.9 Å². The number of carbonyl (C=O) groups excluding carboxylic acids is 1. The van der Waals surface area contributed by atoms with Crippen molar-refractivity contribution in [1.29, 1.82) is 0 Å². The SMILES string of the molecule is O=C(N1C[C@@H]2CNC[C@@H]2[C@H]1c1ccccc1)C1(CO)CNC1. The molecule has 0 spiro atoms. The van der Waals surface area contributed by atoms with Gasteiger partial charge in [-0.2, -0.15) is 0 Å². The zero-order valence-electron chi connectivity index (χ0n) is 12.7. The summed E-state index contributed by atoms with van der Waals surface area (Å²) in [5.41, 5.74) is 0.617. The van der Waals surface area contributed by atoms with Crippen LogP contribution in [0.25, 0.3) is 0 Å². The van der Waals surface area contributed by atoms with Crippen LogP contribution in [0.1, 0.15) is 11.6 Å². The summed E-state index contributed by atoms with van der Waals surface area (Å²) in [6.45, 7) is 3.88. The molecular weight excluding hydrogens is 278 g/mol. The summed E-state index contributed by atoms with van der Waals surface area (Å²) >= 11 is 0. The predicted molar refractivity (Wildman–Crippen MR) is 83.1 cm³/mol. The van der Waals surface area contributed by atoms with Crippen LogP contribution in [0.2, 0.25) is 0 Å². The topological polar surface area (TPSA) is 64.6 Å². The monoisotopic (exact) mass is 301 g/mol. The highest BCUT2D eigenvalue weighted by molar-refractivity contribution is 5.85. The number of benzene rings is 1. The normalized spacial score (nSPS) is 32.6. The van der Waals surface area contributed by atoms with Crippen molar-refractivity contribution in [2.45, 2.75) is 6.04 Å². The molecule has 3 saturated heterocycles. The van der Waals surface area contributed by atoms with Crippen molar-refractivity contribution >= 4 is 5.91 Å². The van der Waals surface area contributed by atoms with Crippen LogP contribution in [-0.2, 0) is 4.79 Å². The molecule has 5 nitrogen and oxygen atoms in total. The first kappa shape index (κ1) is 14.2. The van der Waals surface area contributed by atoms with Crippen molar-refractivity contribution in [2.24, 2.45) is 17.3 Å². The van der Waals surface area contributed by atoms with Gasteiger partial charge in [0.25, 0.3) is 0 Å². The summed E-state index contributed by atoms with van der Waals surface area (Å²) in [7, 11) is 0. The van der Waals surface area contributed by atoms with Crippen molar-refractivity contribution in [3.63, 3.8) is 0 Å². The summed E-state index contributed by atoms with van der Waals surface area (Å²) in [5, 5.41) is 16.3. The number of nitrogens with zero attached hydrogens (tertiary/aromatic N) is 1. The molecule has 3 atom stereocenters. The third-order valence-corrected chi connectivity index (χ3v) is 5.65. The number of aliphatic hydroxyl groups excluding tert-OH is 1. The Balaban J connectivity index is 1.67. The van der Waals surface area contributed by atoms with Crippen molar-refractivity contribution in [2.75, 3.05) is 39.3 Å². The van der Waals surface area contributed by atoms with E-state index in [2.05, 4.69) is 22.8 Å². The van der Waals surface area contributed by atoms with Gasteiger partial charge in [0.15, 0.2) is 0 Å². The van der Waals surface area contributed by atoms with Gasteiger partial charge in [0, 0.05) is 38.6 Å². The standard InChI is InChI=1S/C17H23N3O2/c21-11-17(9-19-10-17)16(22)20-8-13-6-18-7-14(13)15(20)12-4-2-1-3-5-12/h1-5,13-15,18-19,21H,6-11H2/t13-,14-,15+/m0/s1. The Labute approximate surface area is 130 Å². The summed E-state index contributed by atoms with van der Waals surface area (Å²) in [6.07, 6.45) is 0. The highest BCUT2D eigenvalue weighted by Crippen LogP contribution is 2.44. The fraction of sp³-hybridized carbons (Fsp3) is 0.588. The van der Waals surface area contributed by atoms with E-state index in [1.807, 2.05) is 23.1 Å². The average molecular weight is 301 g/mol. The van der Waals surface area contributed by atoms with Crippen LogP contribution >= 0.6 is 0 Å². The van der Waals surface area contributed by atoms with Crippen LogP contribution in [0.5, 0.6) is 0 Å². The molecule has 0 aromatic heterocycles. The van der Waals surface area contributed by atoms with Gasteiger partial charge in [0.2, 0.25) is 5.91 Å². The van der Waals surface area contributed by atoms with Gasteiger partial charge in [-0.3, -0.25) is 4.79 Å².